The third-order valence-corrected chi connectivity index (χ3v) is 4.07. The Morgan fingerprint density at radius 2 is 2.19 bits per heavy atom. The molecule has 0 radical (unpaired) electrons. The molecule has 0 fully saturated rings. The minimum Gasteiger partial charge on any atom is -0.387 e. The van der Waals surface area contributed by atoms with Crippen LogP contribution in [0.25, 0.3) is 0 Å². The summed E-state index contributed by atoms with van der Waals surface area (Å²) in [7, 11) is 0. The van der Waals surface area contributed by atoms with Gasteiger partial charge in [0.2, 0.25) is 0 Å². The largest absolute Gasteiger partial charge is 0.387 e. The molecule has 0 saturated carbocycles. The quantitative estimate of drug-likeness (QED) is 0.717. The Kier molecular flexibility index (Phi) is 7.28. The average molecular weight is 335 g/mol. The standard InChI is InChI=1S/C14H20ClFN2O2S/c1-14(20,9-21-2)8-18-13(19)17-7-6-10-11(15)4-3-5-12(10)16/h3-5,20H,6-9H2,1-2H3,(H2,17,18,19)/t14-/m0/s1. The van der Waals surface area contributed by atoms with Gasteiger partial charge in [0.05, 0.1) is 5.60 Å². The summed E-state index contributed by atoms with van der Waals surface area (Å²) in [5.41, 5.74) is -0.570. The summed E-state index contributed by atoms with van der Waals surface area (Å²) >= 11 is 7.40. The topological polar surface area (TPSA) is 61.4 Å². The highest BCUT2D eigenvalue weighted by molar-refractivity contribution is 7.98. The number of aliphatic hydroxyl groups is 1. The van der Waals surface area contributed by atoms with Crippen molar-refractivity contribution in [3.05, 3.63) is 34.6 Å². The zero-order valence-corrected chi connectivity index (χ0v) is 13.7. The summed E-state index contributed by atoms with van der Waals surface area (Å²) < 4.78 is 13.5. The van der Waals surface area contributed by atoms with Crippen molar-refractivity contribution in [3.8, 4) is 0 Å². The molecular weight excluding hydrogens is 315 g/mol. The molecule has 1 aromatic carbocycles. The maximum absolute atomic E-state index is 13.5. The molecule has 118 valence electrons. The van der Waals surface area contributed by atoms with E-state index in [-0.39, 0.29) is 18.9 Å². The normalized spacial score (nSPS) is 13.6. The lowest BCUT2D eigenvalue weighted by atomic mass is 10.1. The molecule has 1 rings (SSSR count). The van der Waals surface area contributed by atoms with Gasteiger partial charge in [0.15, 0.2) is 0 Å². The van der Waals surface area contributed by atoms with Crippen LogP contribution in [0.4, 0.5) is 9.18 Å². The first-order valence-corrected chi connectivity index (χ1v) is 8.29. The molecule has 4 nitrogen and oxygen atoms in total. The molecule has 0 spiro atoms. The maximum Gasteiger partial charge on any atom is 0.314 e. The third-order valence-electron chi connectivity index (χ3n) is 2.81. The number of carbonyl (C=O) groups is 1. The first-order chi connectivity index (χ1) is 9.85. The van der Waals surface area contributed by atoms with E-state index in [1.54, 1.807) is 13.0 Å². The van der Waals surface area contributed by atoms with Crippen LogP contribution >= 0.6 is 23.4 Å². The van der Waals surface area contributed by atoms with Crippen LogP contribution in [0.5, 0.6) is 0 Å². The molecule has 7 heteroatoms. The molecule has 3 N–H and O–H groups in total. The van der Waals surface area contributed by atoms with Crippen LogP contribution in [-0.4, -0.2) is 41.8 Å². The SMILES string of the molecule is CSC[C@@](C)(O)CNC(=O)NCCc1c(F)cccc1Cl. The zero-order chi connectivity index (χ0) is 15.9. The van der Waals surface area contributed by atoms with E-state index in [0.717, 1.165) is 0 Å². The molecular formula is C14H20ClFN2O2S. The molecule has 0 bridgehead atoms. The van der Waals surface area contributed by atoms with Gasteiger partial charge in [0.1, 0.15) is 5.82 Å². The predicted octanol–water partition coefficient (Wildman–Crippen LogP) is 2.43. The molecule has 0 heterocycles. The van der Waals surface area contributed by atoms with Crippen molar-refractivity contribution in [2.75, 3.05) is 25.1 Å². The number of halogens is 2. The Morgan fingerprint density at radius 3 is 2.81 bits per heavy atom. The van der Waals surface area contributed by atoms with Crippen molar-refractivity contribution in [3.63, 3.8) is 0 Å². The third kappa shape index (κ3) is 6.54. The number of carbonyl (C=O) groups excluding carboxylic acids is 1. The van der Waals surface area contributed by atoms with Crippen molar-refractivity contribution in [1.82, 2.24) is 10.6 Å². The fraction of sp³-hybridized carbons (Fsp3) is 0.500. The Hall–Kier alpha value is -0.980. The number of amides is 2. The molecule has 0 aliphatic rings. The van der Waals surface area contributed by atoms with Gasteiger partial charge in [-0.25, -0.2) is 9.18 Å². The van der Waals surface area contributed by atoms with Crippen LogP contribution < -0.4 is 10.6 Å². The second kappa shape index (κ2) is 8.46. The first kappa shape index (κ1) is 18.1. The Labute approximate surface area is 133 Å². The Balaban J connectivity index is 2.34. The molecule has 21 heavy (non-hydrogen) atoms. The van der Waals surface area contributed by atoms with E-state index in [4.69, 9.17) is 11.6 Å². The van der Waals surface area contributed by atoms with Gasteiger partial charge in [-0.3, -0.25) is 0 Å². The highest BCUT2D eigenvalue weighted by atomic mass is 35.5. The summed E-state index contributed by atoms with van der Waals surface area (Å²) in [5, 5.41) is 15.4. The summed E-state index contributed by atoms with van der Waals surface area (Å²) in [4.78, 5) is 11.6. The van der Waals surface area contributed by atoms with Gasteiger partial charge >= 0.3 is 6.03 Å². The van der Waals surface area contributed by atoms with Crippen molar-refractivity contribution in [2.24, 2.45) is 0 Å². The van der Waals surface area contributed by atoms with Crippen LogP contribution in [0.3, 0.4) is 0 Å². The molecule has 2 amide bonds. The highest BCUT2D eigenvalue weighted by Gasteiger charge is 2.20. The summed E-state index contributed by atoms with van der Waals surface area (Å²) in [5.74, 6) is 0.144. The fourth-order valence-electron chi connectivity index (χ4n) is 1.77. The number of benzene rings is 1. The van der Waals surface area contributed by atoms with Gasteiger partial charge in [0.25, 0.3) is 0 Å². The van der Waals surface area contributed by atoms with Gasteiger partial charge < -0.3 is 15.7 Å². The molecule has 0 unspecified atom stereocenters. The average Bonchev–Trinajstić information content (AvgIpc) is 2.40. The Bertz CT molecular complexity index is 466. The van der Waals surface area contributed by atoms with Crippen LogP contribution in [0.15, 0.2) is 18.2 Å². The van der Waals surface area contributed by atoms with E-state index >= 15 is 0 Å². The number of hydrogen-bond donors (Lipinski definition) is 3. The van der Waals surface area contributed by atoms with E-state index in [0.29, 0.717) is 22.8 Å². The van der Waals surface area contributed by atoms with Crippen LogP contribution in [0, 0.1) is 5.82 Å². The molecule has 0 saturated heterocycles. The molecule has 1 aromatic rings. The monoisotopic (exact) mass is 334 g/mol. The van der Waals surface area contributed by atoms with E-state index in [1.807, 2.05) is 6.26 Å². The first-order valence-electron chi connectivity index (χ1n) is 6.51. The van der Waals surface area contributed by atoms with Crippen LogP contribution in [-0.2, 0) is 6.42 Å². The van der Waals surface area contributed by atoms with E-state index in [9.17, 15) is 14.3 Å². The molecule has 0 aliphatic carbocycles. The number of hydrogen-bond acceptors (Lipinski definition) is 3. The summed E-state index contributed by atoms with van der Waals surface area (Å²) in [6.45, 7) is 2.07. The lowest BCUT2D eigenvalue weighted by molar-refractivity contribution is 0.0869. The molecule has 0 aromatic heterocycles. The minimum atomic E-state index is -0.953. The minimum absolute atomic E-state index is 0.153. The van der Waals surface area contributed by atoms with Gasteiger partial charge in [-0.05, 0) is 31.7 Å². The highest BCUT2D eigenvalue weighted by Crippen LogP contribution is 2.18. The molecule has 1 atom stereocenters. The van der Waals surface area contributed by atoms with Crippen LogP contribution in [0.1, 0.15) is 12.5 Å². The van der Waals surface area contributed by atoms with Gasteiger partial charge in [0, 0.05) is 29.4 Å². The van der Waals surface area contributed by atoms with Gasteiger partial charge in [-0.2, -0.15) is 11.8 Å². The summed E-state index contributed by atoms with van der Waals surface area (Å²) in [6, 6.07) is 4.08. The van der Waals surface area contributed by atoms with E-state index in [2.05, 4.69) is 10.6 Å². The van der Waals surface area contributed by atoms with E-state index in [1.165, 1.54) is 23.9 Å². The van der Waals surface area contributed by atoms with Crippen LogP contribution in [0.2, 0.25) is 5.02 Å². The fourth-order valence-corrected chi connectivity index (χ4v) is 2.75. The lowest BCUT2D eigenvalue weighted by Gasteiger charge is -2.22. The number of nitrogens with one attached hydrogen (secondary N) is 2. The van der Waals surface area contributed by atoms with Gasteiger partial charge in [-0.1, -0.05) is 17.7 Å². The van der Waals surface area contributed by atoms with Crippen molar-refractivity contribution < 1.29 is 14.3 Å². The number of rotatable bonds is 7. The second-order valence-electron chi connectivity index (χ2n) is 4.99. The number of thioether (sulfide) groups is 1. The maximum atomic E-state index is 13.5. The van der Waals surface area contributed by atoms with Crippen molar-refractivity contribution >= 4 is 29.4 Å². The molecule has 0 aliphatic heterocycles. The van der Waals surface area contributed by atoms with Crippen molar-refractivity contribution in [1.29, 1.82) is 0 Å². The van der Waals surface area contributed by atoms with Gasteiger partial charge in [-0.15, -0.1) is 0 Å². The van der Waals surface area contributed by atoms with E-state index < -0.39 is 11.6 Å². The summed E-state index contributed by atoms with van der Waals surface area (Å²) in [6.07, 6.45) is 2.19. The van der Waals surface area contributed by atoms with Crippen molar-refractivity contribution in [2.45, 2.75) is 18.9 Å². The zero-order valence-electron chi connectivity index (χ0n) is 12.1. The lowest BCUT2D eigenvalue weighted by Crippen LogP contribution is -2.46. The predicted molar refractivity (Wildman–Crippen MR) is 85.5 cm³/mol. The number of urea groups is 1. The second-order valence-corrected chi connectivity index (χ2v) is 6.26. The smallest absolute Gasteiger partial charge is 0.314 e. The Morgan fingerprint density at radius 1 is 1.48 bits per heavy atom.